The van der Waals surface area contributed by atoms with E-state index in [9.17, 15) is 4.79 Å². The van der Waals surface area contributed by atoms with Crippen molar-refractivity contribution < 1.29 is 9.53 Å². The number of hydrogen-bond donors (Lipinski definition) is 0. The molecular weight excluding hydrogens is 358 g/mol. The summed E-state index contributed by atoms with van der Waals surface area (Å²) in [7, 11) is 0. The van der Waals surface area contributed by atoms with Gasteiger partial charge in [0.2, 0.25) is 5.91 Å². The fraction of sp³-hybridized carbons (Fsp3) is 0.556. The standard InChI is InChI=1S/C18H24ClN3O2S/c1-3-16(23)22(6-4-5-21-7-9-24-10-8-21)18-20-17-13(2)11-14(19)12-15(17)25-18/h11-12H,3-10H2,1-2H3. The van der Waals surface area contributed by atoms with Crippen LogP contribution in [0.1, 0.15) is 25.3 Å². The Kier molecular flexibility index (Phi) is 6.28. The number of rotatable bonds is 6. The molecule has 1 saturated heterocycles. The largest absolute Gasteiger partial charge is 0.379 e. The Morgan fingerprint density at radius 3 is 2.88 bits per heavy atom. The molecule has 1 aliphatic rings. The van der Waals surface area contributed by atoms with Crippen molar-refractivity contribution >= 4 is 44.2 Å². The van der Waals surface area contributed by atoms with E-state index in [0.29, 0.717) is 18.0 Å². The summed E-state index contributed by atoms with van der Waals surface area (Å²) >= 11 is 7.69. The van der Waals surface area contributed by atoms with Gasteiger partial charge in [-0.2, -0.15) is 0 Å². The van der Waals surface area contributed by atoms with E-state index in [0.717, 1.165) is 60.2 Å². The quantitative estimate of drug-likeness (QED) is 0.765. The third-order valence-corrected chi connectivity index (χ3v) is 5.68. The zero-order chi connectivity index (χ0) is 17.8. The third-order valence-electron chi connectivity index (χ3n) is 4.43. The number of ether oxygens (including phenoxy) is 1. The average Bonchev–Trinajstić information content (AvgIpc) is 3.03. The van der Waals surface area contributed by atoms with E-state index in [1.165, 1.54) is 11.3 Å². The molecule has 0 atom stereocenters. The highest BCUT2D eigenvalue weighted by atomic mass is 35.5. The molecule has 0 N–H and O–H groups in total. The molecule has 2 heterocycles. The molecule has 136 valence electrons. The number of morpholine rings is 1. The van der Waals surface area contributed by atoms with Gasteiger partial charge in [-0.25, -0.2) is 4.98 Å². The minimum absolute atomic E-state index is 0.116. The summed E-state index contributed by atoms with van der Waals surface area (Å²) in [6.45, 7) is 9.12. The van der Waals surface area contributed by atoms with Gasteiger partial charge < -0.3 is 4.74 Å². The van der Waals surface area contributed by atoms with Crippen LogP contribution in [0, 0.1) is 6.92 Å². The van der Waals surface area contributed by atoms with Crippen molar-refractivity contribution in [2.45, 2.75) is 26.7 Å². The van der Waals surface area contributed by atoms with Crippen molar-refractivity contribution in [2.24, 2.45) is 0 Å². The summed E-state index contributed by atoms with van der Waals surface area (Å²) in [4.78, 5) is 21.4. The zero-order valence-corrected chi connectivity index (χ0v) is 16.3. The fourth-order valence-electron chi connectivity index (χ4n) is 3.05. The highest BCUT2D eigenvalue weighted by Crippen LogP contribution is 2.33. The fourth-order valence-corrected chi connectivity index (χ4v) is 4.52. The summed E-state index contributed by atoms with van der Waals surface area (Å²) < 4.78 is 6.41. The molecule has 1 aromatic heterocycles. The number of carbonyl (C=O) groups excluding carboxylic acids is 1. The highest BCUT2D eigenvalue weighted by Gasteiger charge is 2.20. The molecule has 1 fully saturated rings. The molecule has 0 unspecified atom stereocenters. The molecular formula is C18H24ClN3O2S. The number of hydrogen-bond acceptors (Lipinski definition) is 5. The first-order valence-corrected chi connectivity index (χ1v) is 9.95. The molecule has 0 saturated carbocycles. The summed E-state index contributed by atoms with van der Waals surface area (Å²) in [5.74, 6) is 0.116. The smallest absolute Gasteiger partial charge is 0.228 e. The molecule has 2 aromatic rings. The van der Waals surface area contributed by atoms with Crippen LogP contribution in [-0.4, -0.2) is 55.2 Å². The predicted molar refractivity (Wildman–Crippen MR) is 104 cm³/mol. The summed E-state index contributed by atoms with van der Waals surface area (Å²) in [6, 6.07) is 3.84. The molecule has 0 radical (unpaired) electrons. The molecule has 1 amide bonds. The lowest BCUT2D eigenvalue weighted by Gasteiger charge is -2.27. The van der Waals surface area contributed by atoms with Crippen LogP contribution in [0.2, 0.25) is 5.02 Å². The van der Waals surface area contributed by atoms with Crippen LogP contribution in [0.3, 0.4) is 0 Å². The van der Waals surface area contributed by atoms with E-state index < -0.39 is 0 Å². The van der Waals surface area contributed by atoms with Crippen LogP contribution in [0.5, 0.6) is 0 Å². The van der Waals surface area contributed by atoms with Gasteiger partial charge >= 0.3 is 0 Å². The molecule has 0 spiro atoms. The number of thiazole rings is 1. The van der Waals surface area contributed by atoms with Gasteiger partial charge in [0.1, 0.15) is 0 Å². The van der Waals surface area contributed by atoms with E-state index in [2.05, 4.69) is 4.90 Å². The normalized spacial score (nSPS) is 15.6. The van der Waals surface area contributed by atoms with Crippen LogP contribution in [0.15, 0.2) is 12.1 Å². The number of aromatic nitrogens is 1. The lowest BCUT2D eigenvalue weighted by atomic mass is 10.2. The van der Waals surface area contributed by atoms with Gasteiger partial charge in [0, 0.05) is 37.6 Å². The zero-order valence-electron chi connectivity index (χ0n) is 14.8. The minimum Gasteiger partial charge on any atom is -0.379 e. The Morgan fingerprint density at radius 2 is 2.16 bits per heavy atom. The van der Waals surface area contributed by atoms with Gasteiger partial charge in [-0.1, -0.05) is 29.9 Å². The van der Waals surface area contributed by atoms with E-state index in [4.69, 9.17) is 21.3 Å². The minimum atomic E-state index is 0.116. The number of benzene rings is 1. The molecule has 5 nitrogen and oxygen atoms in total. The van der Waals surface area contributed by atoms with Crippen molar-refractivity contribution in [1.29, 1.82) is 0 Å². The number of fused-ring (bicyclic) bond motifs is 1. The molecule has 7 heteroatoms. The maximum Gasteiger partial charge on any atom is 0.228 e. The first-order chi connectivity index (χ1) is 12.1. The number of nitrogens with zero attached hydrogens (tertiary/aromatic N) is 3. The molecule has 1 aliphatic heterocycles. The number of carbonyl (C=O) groups is 1. The first-order valence-electron chi connectivity index (χ1n) is 8.75. The topological polar surface area (TPSA) is 45.7 Å². The molecule has 1 aromatic carbocycles. The van der Waals surface area contributed by atoms with Crippen molar-refractivity contribution in [3.05, 3.63) is 22.7 Å². The second-order valence-electron chi connectivity index (χ2n) is 6.27. The highest BCUT2D eigenvalue weighted by molar-refractivity contribution is 7.22. The Hall–Kier alpha value is -1.21. The number of amides is 1. The molecule has 3 rings (SSSR count). The second-order valence-corrected chi connectivity index (χ2v) is 7.72. The maximum atomic E-state index is 12.5. The van der Waals surface area contributed by atoms with Crippen LogP contribution >= 0.6 is 22.9 Å². The average molecular weight is 382 g/mol. The number of aryl methyl sites for hydroxylation is 1. The van der Waals surface area contributed by atoms with Crippen LogP contribution in [0.25, 0.3) is 10.2 Å². The van der Waals surface area contributed by atoms with Gasteiger partial charge in [-0.15, -0.1) is 0 Å². The Bertz CT molecular complexity index is 743. The van der Waals surface area contributed by atoms with E-state index in [-0.39, 0.29) is 5.91 Å². The number of halogens is 1. The van der Waals surface area contributed by atoms with Gasteiger partial charge in [0.05, 0.1) is 23.4 Å². The van der Waals surface area contributed by atoms with Crippen LogP contribution in [0.4, 0.5) is 5.13 Å². The Balaban J connectivity index is 1.73. The molecule has 25 heavy (non-hydrogen) atoms. The second kappa shape index (κ2) is 8.45. The van der Waals surface area contributed by atoms with E-state index >= 15 is 0 Å². The summed E-state index contributed by atoms with van der Waals surface area (Å²) in [5.41, 5.74) is 1.98. The van der Waals surface area contributed by atoms with E-state index in [1.54, 1.807) is 0 Å². The molecule has 0 aliphatic carbocycles. The molecule has 0 bridgehead atoms. The van der Waals surface area contributed by atoms with Crippen molar-refractivity contribution in [1.82, 2.24) is 9.88 Å². The van der Waals surface area contributed by atoms with Gasteiger partial charge in [-0.3, -0.25) is 14.6 Å². The monoisotopic (exact) mass is 381 g/mol. The first kappa shape index (κ1) is 18.6. The predicted octanol–water partition coefficient (Wildman–Crippen LogP) is 3.72. The van der Waals surface area contributed by atoms with Crippen molar-refractivity contribution in [2.75, 3.05) is 44.3 Å². The number of anilines is 1. The third kappa shape index (κ3) is 4.50. The summed E-state index contributed by atoms with van der Waals surface area (Å²) in [5, 5.41) is 1.48. The van der Waals surface area contributed by atoms with Crippen LogP contribution < -0.4 is 4.90 Å². The lowest BCUT2D eigenvalue weighted by Crippen LogP contribution is -2.39. The Labute approximate surface area is 157 Å². The van der Waals surface area contributed by atoms with Gasteiger partial charge in [0.15, 0.2) is 5.13 Å². The van der Waals surface area contributed by atoms with Crippen molar-refractivity contribution in [3.63, 3.8) is 0 Å². The SMILES string of the molecule is CCC(=O)N(CCCN1CCOCC1)c1nc2c(C)cc(Cl)cc2s1. The Morgan fingerprint density at radius 1 is 1.40 bits per heavy atom. The lowest BCUT2D eigenvalue weighted by molar-refractivity contribution is -0.118. The van der Waals surface area contributed by atoms with E-state index in [1.807, 2.05) is 30.9 Å². The summed E-state index contributed by atoms with van der Waals surface area (Å²) in [6.07, 6.45) is 1.41. The van der Waals surface area contributed by atoms with Crippen molar-refractivity contribution in [3.8, 4) is 0 Å². The van der Waals surface area contributed by atoms with Gasteiger partial charge in [0.25, 0.3) is 0 Å². The van der Waals surface area contributed by atoms with Crippen LogP contribution in [-0.2, 0) is 9.53 Å². The van der Waals surface area contributed by atoms with Gasteiger partial charge in [-0.05, 0) is 31.0 Å². The maximum absolute atomic E-state index is 12.5.